The van der Waals surface area contributed by atoms with Crippen molar-refractivity contribution in [2.75, 3.05) is 0 Å². The van der Waals surface area contributed by atoms with Crippen LogP contribution in [0, 0.1) is 17.0 Å². The molecule has 0 saturated heterocycles. The summed E-state index contributed by atoms with van der Waals surface area (Å²) >= 11 is 4.91. The molecular weight excluding hydrogens is 330 g/mol. The molecule has 0 saturated carbocycles. The molecule has 19 heavy (non-hydrogen) atoms. The van der Waals surface area contributed by atoms with Gasteiger partial charge in [-0.15, -0.1) is 11.3 Å². The molecule has 0 fully saturated rings. The molecule has 7 heteroatoms. The van der Waals surface area contributed by atoms with Crippen LogP contribution in [0.1, 0.15) is 16.1 Å². The first-order chi connectivity index (χ1) is 9.08. The Bertz CT molecular complexity index is 600. The van der Waals surface area contributed by atoms with E-state index in [4.69, 9.17) is 0 Å². The molecule has 0 unspecified atom stereocenters. The minimum absolute atomic E-state index is 0.136. The molecule has 1 aromatic carbocycles. The third-order valence-electron chi connectivity index (χ3n) is 2.68. The maximum absolute atomic E-state index is 10.9. The third kappa shape index (κ3) is 3.59. The second-order valence-corrected chi connectivity index (χ2v) is 5.85. The quantitative estimate of drug-likeness (QED) is 0.668. The van der Waals surface area contributed by atoms with Crippen LogP contribution < -0.4 is 5.32 Å². The van der Waals surface area contributed by atoms with Gasteiger partial charge in [0.2, 0.25) is 0 Å². The fraction of sp³-hybridized carbons (Fsp3) is 0.250. The van der Waals surface area contributed by atoms with Crippen LogP contribution in [0.15, 0.2) is 28.2 Å². The van der Waals surface area contributed by atoms with Gasteiger partial charge in [0.25, 0.3) is 5.69 Å². The summed E-state index contributed by atoms with van der Waals surface area (Å²) in [4.78, 5) is 15.9. The van der Waals surface area contributed by atoms with E-state index in [1.807, 2.05) is 6.92 Å². The van der Waals surface area contributed by atoms with Gasteiger partial charge in [-0.2, -0.15) is 0 Å². The molecule has 100 valence electrons. The first-order valence-corrected chi connectivity index (χ1v) is 7.27. The zero-order valence-electron chi connectivity index (χ0n) is 10.2. The predicted molar refractivity (Wildman–Crippen MR) is 78.2 cm³/mol. The molecule has 0 radical (unpaired) electrons. The first-order valence-electron chi connectivity index (χ1n) is 5.60. The monoisotopic (exact) mass is 341 g/mol. The van der Waals surface area contributed by atoms with E-state index in [2.05, 4.69) is 26.2 Å². The number of benzene rings is 1. The molecule has 0 aliphatic heterocycles. The van der Waals surface area contributed by atoms with Gasteiger partial charge in [-0.1, -0.05) is 15.9 Å². The van der Waals surface area contributed by atoms with E-state index in [-0.39, 0.29) is 10.6 Å². The molecule has 0 bridgehead atoms. The van der Waals surface area contributed by atoms with Crippen molar-refractivity contribution in [1.82, 2.24) is 10.3 Å². The van der Waals surface area contributed by atoms with Crippen molar-refractivity contribution in [3.05, 3.63) is 54.4 Å². The number of nitro groups is 1. The molecule has 1 heterocycles. The van der Waals surface area contributed by atoms with E-state index in [1.54, 1.807) is 29.0 Å². The van der Waals surface area contributed by atoms with Gasteiger partial charge in [0, 0.05) is 34.1 Å². The van der Waals surface area contributed by atoms with Gasteiger partial charge < -0.3 is 5.32 Å². The van der Waals surface area contributed by atoms with Crippen LogP contribution in [0.4, 0.5) is 5.69 Å². The normalized spacial score (nSPS) is 10.6. The van der Waals surface area contributed by atoms with Crippen LogP contribution in [0.2, 0.25) is 0 Å². The van der Waals surface area contributed by atoms with E-state index in [1.165, 1.54) is 6.07 Å². The number of rotatable bonds is 5. The minimum Gasteiger partial charge on any atom is -0.307 e. The Kier molecular flexibility index (Phi) is 4.62. The number of hydrogen-bond donors (Lipinski definition) is 1. The first kappa shape index (κ1) is 14.1. The van der Waals surface area contributed by atoms with Crippen molar-refractivity contribution in [3.63, 3.8) is 0 Å². The van der Waals surface area contributed by atoms with Crippen LogP contribution in [0.3, 0.4) is 0 Å². The summed E-state index contributed by atoms with van der Waals surface area (Å²) < 4.78 is 0.837. The van der Waals surface area contributed by atoms with E-state index in [9.17, 15) is 10.1 Å². The zero-order chi connectivity index (χ0) is 13.8. The van der Waals surface area contributed by atoms with Crippen LogP contribution in [0.25, 0.3) is 0 Å². The molecule has 2 rings (SSSR count). The zero-order valence-corrected chi connectivity index (χ0v) is 12.6. The van der Waals surface area contributed by atoms with Crippen LogP contribution in [-0.4, -0.2) is 9.91 Å². The molecular formula is C12H12BrN3O2S. The highest BCUT2D eigenvalue weighted by Gasteiger charge is 2.13. The number of nitrogens with zero attached hydrogens (tertiary/aromatic N) is 2. The summed E-state index contributed by atoms with van der Waals surface area (Å²) in [6, 6.07) is 4.96. The van der Waals surface area contributed by atoms with E-state index in [0.717, 1.165) is 15.0 Å². The number of halogens is 1. The Labute approximate surface area is 123 Å². The van der Waals surface area contributed by atoms with E-state index >= 15 is 0 Å². The standard InChI is InChI=1S/C12H12BrN3O2S/c1-8-12(19-7-15-8)6-14-5-9-4-10(13)2-3-11(9)16(17)18/h2-4,7,14H,5-6H2,1H3. The van der Waals surface area contributed by atoms with Gasteiger partial charge in [0.05, 0.1) is 16.1 Å². The fourth-order valence-corrected chi connectivity index (χ4v) is 2.84. The number of hydrogen-bond acceptors (Lipinski definition) is 5. The average molecular weight is 342 g/mol. The number of nitro benzene ring substituents is 1. The number of thiazole rings is 1. The van der Waals surface area contributed by atoms with Crippen LogP contribution >= 0.6 is 27.3 Å². The molecule has 0 aliphatic carbocycles. The highest BCUT2D eigenvalue weighted by molar-refractivity contribution is 9.10. The van der Waals surface area contributed by atoms with Gasteiger partial charge in [0.1, 0.15) is 0 Å². The fourth-order valence-electron chi connectivity index (χ4n) is 1.68. The minimum atomic E-state index is -0.360. The van der Waals surface area contributed by atoms with Crippen molar-refractivity contribution in [1.29, 1.82) is 0 Å². The van der Waals surface area contributed by atoms with E-state index in [0.29, 0.717) is 18.7 Å². The van der Waals surface area contributed by atoms with Crippen LogP contribution in [-0.2, 0) is 13.1 Å². The van der Waals surface area contributed by atoms with Gasteiger partial charge in [-0.3, -0.25) is 10.1 Å². The molecule has 1 aromatic heterocycles. The van der Waals surface area contributed by atoms with Gasteiger partial charge in [-0.25, -0.2) is 4.98 Å². The average Bonchev–Trinajstić information content (AvgIpc) is 2.75. The Morgan fingerprint density at radius 1 is 1.47 bits per heavy atom. The van der Waals surface area contributed by atoms with Crippen molar-refractivity contribution >= 4 is 33.0 Å². The lowest BCUT2D eigenvalue weighted by atomic mass is 10.2. The molecule has 5 nitrogen and oxygen atoms in total. The Morgan fingerprint density at radius 2 is 2.26 bits per heavy atom. The highest BCUT2D eigenvalue weighted by Crippen LogP contribution is 2.23. The molecule has 2 aromatic rings. The molecule has 0 aliphatic rings. The largest absolute Gasteiger partial charge is 0.307 e. The SMILES string of the molecule is Cc1ncsc1CNCc1cc(Br)ccc1[N+](=O)[O-]. The summed E-state index contributed by atoms with van der Waals surface area (Å²) in [6.07, 6.45) is 0. The second kappa shape index (κ2) is 6.23. The lowest BCUT2D eigenvalue weighted by Crippen LogP contribution is -2.13. The predicted octanol–water partition coefficient (Wildman–Crippen LogP) is 3.41. The van der Waals surface area contributed by atoms with Crippen molar-refractivity contribution in [2.45, 2.75) is 20.0 Å². The lowest BCUT2D eigenvalue weighted by Gasteiger charge is -2.05. The maximum atomic E-state index is 10.9. The molecule has 0 amide bonds. The van der Waals surface area contributed by atoms with Gasteiger partial charge in [0.15, 0.2) is 0 Å². The van der Waals surface area contributed by atoms with Gasteiger partial charge in [-0.05, 0) is 19.1 Å². The van der Waals surface area contributed by atoms with Crippen molar-refractivity contribution in [3.8, 4) is 0 Å². The molecule has 0 atom stereocenters. The summed E-state index contributed by atoms with van der Waals surface area (Å²) in [5.41, 5.74) is 3.60. The smallest absolute Gasteiger partial charge is 0.273 e. The Hall–Kier alpha value is -1.31. The van der Waals surface area contributed by atoms with Crippen molar-refractivity contribution in [2.24, 2.45) is 0 Å². The van der Waals surface area contributed by atoms with E-state index < -0.39 is 0 Å². The number of nitrogens with one attached hydrogen (secondary N) is 1. The summed E-state index contributed by atoms with van der Waals surface area (Å²) in [5.74, 6) is 0. The summed E-state index contributed by atoms with van der Waals surface area (Å²) in [6.45, 7) is 3.07. The second-order valence-electron chi connectivity index (χ2n) is 3.99. The topological polar surface area (TPSA) is 68.1 Å². The third-order valence-corrected chi connectivity index (χ3v) is 4.11. The molecule has 0 spiro atoms. The summed E-state index contributed by atoms with van der Waals surface area (Å²) in [5, 5.41) is 14.1. The van der Waals surface area contributed by atoms with Gasteiger partial charge >= 0.3 is 0 Å². The number of aryl methyl sites for hydroxylation is 1. The Morgan fingerprint density at radius 3 is 2.89 bits per heavy atom. The maximum Gasteiger partial charge on any atom is 0.273 e. The molecule has 1 N–H and O–H groups in total. The lowest BCUT2D eigenvalue weighted by molar-refractivity contribution is -0.385. The van der Waals surface area contributed by atoms with Crippen molar-refractivity contribution < 1.29 is 4.92 Å². The summed E-state index contributed by atoms with van der Waals surface area (Å²) in [7, 11) is 0. The van der Waals surface area contributed by atoms with Crippen LogP contribution in [0.5, 0.6) is 0 Å². The number of aromatic nitrogens is 1. The Balaban J connectivity index is 2.05. The highest BCUT2D eigenvalue weighted by atomic mass is 79.9.